The summed E-state index contributed by atoms with van der Waals surface area (Å²) in [4.78, 5) is 24.3. The van der Waals surface area contributed by atoms with Crippen molar-refractivity contribution in [3.63, 3.8) is 0 Å². The number of nitrogens with zero attached hydrogens (tertiary/aromatic N) is 1. The van der Waals surface area contributed by atoms with E-state index in [0.717, 1.165) is 24.1 Å². The van der Waals surface area contributed by atoms with Crippen LogP contribution in [-0.2, 0) is 11.2 Å². The normalized spacial score (nSPS) is 11.8. The molecule has 21 heavy (non-hydrogen) atoms. The van der Waals surface area contributed by atoms with Gasteiger partial charge in [0.2, 0.25) is 0 Å². The van der Waals surface area contributed by atoms with Crippen molar-refractivity contribution in [2.24, 2.45) is 0 Å². The molecule has 1 aromatic carbocycles. The van der Waals surface area contributed by atoms with E-state index < -0.39 is 5.97 Å². The fraction of sp³-hybridized carbons (Fsp3) is 0.500. The van der Waals surface area contributed by atoms with E-state index in [9.17, 15) is 9.59 Å². The number of urea groups is 1. The average molecular weight is 292 g/mol. The molecule has 0 aliphatic heterocycles. The van der Waals surface area contributed by atoms with Gasteiger partial charge in [-0.05, 0) is 37.5 Å². The Labute approximate surface area is 126 Å². The van der Waals surface area contributed by atoms with E-state index in [1.807, 2.05) is 19.1 Å². The van der Waals surface area contributed by atoms with Crippen LogP contribution in [0.5, 0.6) is 0 Å². The molecular weight excluding hydrogens is 268 g/mol. The first-order chi connectivity index (χ1) is 9.93. The second-order valence-corrected chi connectivity index (χ2v) is 5.27. The summed E-state index contributed by atoms with van der Waals surface area (Å²) in [6, 6.07) is 7.35. The van der Waals surface area contributed by atoms with Gasteiger partial charge in [-0.25, -0.2) is 4.79 Å². The molecule has 0 saturated carbocycles. The van der Waals surface area contributed by atoms with Gasteiger partial charge in [0.1, 0.15) is 0 Å². The number of carboxylic acid groups (broad SMARTS) is 1. The van der Waals surface area contributed by atoms with Crippen molar-refractivity contribution in [3.8, 4) is 0 Å². The van der Waals surface area contributed by atoms with Crippen LogP contribution in [0.4, 0.5) is 10.5 Å². The lowest BCUT2D eigenvalue weighted by Crippen LogP contribution is -2.38. The molecule has 0 saturated heterocycles. The predicted molar refractivity (Wildman–Crippen MR) is 83.6 cm³/mol. The molecule has 0 aliphatic rings. The summed E-state index contributed by atoms with van der Waals surface area (Å²) in [5.74, 6) is -0.807. The molecule has 1 rings (SSSR count). The Bertz CT molecular complexity index is 471. The van der Waals surface area contributed by atoms with Gasteiger partial charge in [0.05, 0.1) is 0 Å². The molecule has 0 bridgehead atoms. The summed E-state index contributed by atoms with van der Waals surface area (Å²) < 4.78 is 0. The van der Waals surface area contributed by atoms with Crippen LogP contribution < -0.4 is 5.32 Å². The smallest absolute Gasteiger partial charge is 0.321 e. The molecular formula is C16H24N2O3. The van der Waals surface area contributed by atoms with E-state index in [4.69, 9.17) is 5.11 Å². The van der Waals surface area contributed by atoms with E-state index in [1.54, 1.807) is 24.1 Å². The first kappa shape index (κ1) is 17.0. The molecule has 1 atom stereocenters. The van der Waals surface area contributed by atoms with E-state index in [-0.39, 0.29) is 18.5 Å². The van der Waals surface area contributed by atoms with E-state index in [2.05, 4.69) is 12.2 Å². The largest absolute Gasteiger partial charge is 0.481 e. The van der Waals surface area contributed by atoms with Crippen LogP contribution in [0.15, 0.2) is 24.3 Å². The van der Waals surface area contributed by atoms with Gasteiger partial charge in [0.25, 0.3) is 0 Å². The molecule has 5 nitrogen and oxygen atoms in total. The van der Waals surface area contributed by atoms with Gasteiger partial charge in [-0.15, -0.1) is 0 Å². The number of hydrogen-bond donors (Lipinski definition) is 2. The molecule has 0 aliphatic carbocycles. The van der Waals surface area contributed by atoms with E-state index >= 15 is 0 Å². The van der Waals surface area contributed by atoms with Crippen molar-refractivity contribution in [2.75, 3.05) is 12.4 Å². The third-order valence-electron chi connectivity index (χ3n) is 3.52. The Morgan fingerprint density at radius 3 is 2.43 bits per heavy atom. The Kier molecular flexibility index (Phi) is 6.72. The van der Waals surface area contributed by atoms with Crippen molar-refractivity contribution in [2.45, 2.75) is 45.6 Å². The molecule has 0 heterocycles. The van der Waals surface area contributed by atoms with Crippen LogP contribution in [-0.4, -0.2) is 35.1 Å². The molecule has 1 aromatic rings. The maximum absolute atomic E-state index is 12.1. The second kappa shape index (κ2) is 8.29. The molecule has 0 radical (unpaired) electrons. The van der Waals surface area contributed by atoms with Gasteiger partial charge in [0, 0.05) is 25.2 Å². The lowest BCUT2D eigenvalue weighted by molar-refractivity contribution is -0.136. The number of benzene rings is 1. The number of aryl methyl sites for hydroxylation is 1. The lowest BCUT2D eigenvalue weighted by atomic mass is 10.1. The van der Waals surface area contributed by atoms with Gasteiger partial charge >= 0.3 is 12.0 Å². The van der Waals surface area contributed by atoms with Crippen molar-refractivity contribution < 1.29 is 14.7 Å². The van der Waals surface area contributed by atoms with Crippen molar-refractivity contribution in [1.29, 1.82) is 0 Å². The van der Waals surface area contributed by atoms with Crippen LogP contribution in [0, 0.1) is 0 Å². The monoisotopic (exact) mass is 292 g/mol. The standard InChI is InChI=1S/C16H24N2O3/c1-4-5-12(2)18(3)16(21)17-14-9-6-13(7-10-14)8-11-15(19)20/h6-7,9-10,12H,4-5,8,11H2,1-3H3,(H,17,21)(H,19,20). The molecule has 116 valence electrons. The van der Waals surface area contributed by atoms with Gasteiger partial charge in [0.15, 0.2) is 0 Å². The molecule has 1 unspecified atom stereocenters. The van der Waals surface area contributed by atoms with Crippen LogP contribution in [0.25, 0.3) is 0 Å². The van der Waals surface area contributed by atoms with E-state index in [0.29, 0.717) is 6.42 Å². The summed E-state index contributed by atoms with van der Waals surface area (Å²) in [6.07, 6.45) is 2.62. The minimum atomic E-state index is -0.807. The number of anilines is 1. The molecule has 2 amide bonds. The minimum absolute atomic E-state index is 0.114. The number of carbonyl (C=O) groups is 2. The summed E-state index contributed by atoms with van der Waals surface area (Å²) >= 11 is 0. The average Bonchev–Trinajstić information content (AvgIpc) is 2.45. The summed E-state index contributed by atoms with van der Waals surface area (Å²) in [7, 11) is 1.79. The first-order valence-electron chi connectivity index (χ1n) is 7.28. The number of amides is 2. The first-order valence-corrected chi connectivity index (χ1v) is 7.28. The highest BCUT2D eigenvalue weighted by molar-refractivity contribution is 5.89. The second-order valence-electron chi connectivity index (χ2n) is 5.27. The van der Waals surface area contributed by atoms with Gasteiger partial charge < -0.3 is 15.3 Å². The Hall–Kier alpha value is -2.04. The maximum Gasteiger partial charge on any atom is 0.321 e. The third kappa shape index (κ3) is 5.85. The Morgan fingerprint density at radius 1 is 1.29 bits per heavy atom. The van der Waals surface area contributed by atoms with Crippen molar-refractivity contribution in [3.05, 3.63) is 29.8 Å². The van der Waals surface area contributed by atoms with Crippen molar-refractivity contribution >= 4 is 17.7 Å². The van der Waals surface area contributed by atoms with Crippen LogP contribution in [0.1, 0.15) is 38.7 Å². The number of hydrogen-bond acceptors (Lipinski definition) is 2. The highest BCUT2D eigenvalue weighted by Gasteiger charge is 2.14. The zero-order valence-electron chi connectivity index (χ0n) is 12.9. The quantitative estimate of drug-likeness (QED) is 0.809. The molecule has 0 aromatic heterocycles. The summed E-state index contributed by atoms with van der Waals surface area (Å²) in [5.41, 5.74) is 1.66. The minimum Gasteiger partial charge on any atom is -0.481 e. The highest BCUT2D eigenvalue weighted by Crippen LogP contribution is 2.13. The van der Waals surface area contributed by atoms with Crippen molar-refractivity contribution in [1.82, 2.24) is 4.90 Å². The molecule has 0 spiro atoms. The number of rotatable bonds is 7. The number of carboxylic acids is 1. The molecule has 0 fully saturated rings. The fourth-order valence-electron chi connectivity index (χ4n) is 2.03. The van der Waals surface area contributed by atoms with Gasteiger partial charge in [-0.2, -0.15) is 0 Å². The fourth-order valence-corrected chi connectivity index (χ4v) is 2.03. The lowest BCUT2D eigenvalue weighted by Gasteiger charge is -2.24. The zero-order chi connectivity index (χ0) is 15.8. The zero-order valence-corrected chi connectivity index (χ0v) is 12.9. The number of aliphatic carboxylic acids is 1. The van der Waals surface area contributed by atoms with Gasteiger partial charge in [-0.1, -0.05) is 25.5 Å². The number of carbonyl (C=O) groups excluding carboxylic acids is 1. The molecule has 5 heteroatoms. The highest BCUT2D eigenvalue weighted by atomic mass is 16.4. The Balaban J connectivity index is 2.54. The van der Waals surface area contributed by atoms with Crippen LogP contribution >= 0.6 is 0 Å². The Morgan fingerprint density at radius 2 is 1.90 bits per heavy atom. The van der Waals surface area contributed by atoms with Gasteiger partial charge in [-0.3, -0.25) is 4.79 Å². The summed E-state index contributed by atoms with van der Waals surface area (Å²) in [6.45, 7) is 4.12. The number of nitrogens with one attached hydrogen (secondary N) is 1. The molecule has 2 N–H and O–H groups in total. The van der Waals surface area contributed by atoms with E-state index in [1.165, 1.54) is 0 Å². The predicted octanol–water partition coefficient (Wildman–Crippen LogP) is 3.36. The topological polar surface area (TPSA) is 69.6 Å². The summed E-state index contributed by atoms with van der Waals surface area (Å²) in [5, 5.41) is 11.5. The third-order valence-corrected chi connectivity index (χ3v) is 3.52. The van der Waals surface area contributed by atoms with Crippen LogP contribution in [0.3, 0.4) is 0 Å². The SMILES string of the molecule is CCCC(C)N(C)C(=O)Nc1ccc(CCC(=O)O)cc1. The maximum atomic E-state index is 12.1. The van der Waals surface area contributed by atoms with Crippen LogP contribution in [0.2, 0.25) is 0 Å².